The van der Waals surface area contributed by atoms with E-state index < -0.39 is 5.82 Å². The van der Waals surface area contributed by atoms with E-state index in [-0.39, 0.29) is 28.0 Å². The summed E-state index contributed by atoms with van der Waals surface area (Å²) < 4.78 is 18.6. The molecule has 1 aromatic heterocycles. The van der Waals surface area contributed by atoms with Crippen LogP contribution in [0.15, 0.2) is 18.2 Å². The maximum Gasteiger partial charge on any atom is 0.328 e. The number of benzene rings is 1. The van der Waals surface area contributed by atoms with Crippen molar-refractivity contribution in [3.63, 3.8) is 0 Å². The predicted molar refractivity (Wildman–Crippen MR) is 70.5 cm³/mol. The van der Waals surface area contributed by atoms with Gasteiger partial charge < -0.3 is 10.1 Å². The average Bonchev–Trinajstić information content (AvgIpc) is 2.33. The van der Waals surface area contributed by atoms with Crippen molar-refractivity contribution in [1.82, 2.24) is 15.0 Å². The van der Waals surface area contributed by atoms with Crippen molar-refractivity contribution in [2.24, 2.45) is 0 Å². The highest BCUT2D eigenvalue weighted by Gasteiger charge is 2.08. The van der Waals surface area contributed by atoms with Crippen LogP contribution in [-0.4, -0.2) is 21.5 Å². The van der Waals surface area contributed by atoms with Gasteiger partial charge in [-0.15, -0.1) is 0 Å². The molecule has 0 spiro atoms. The number of nitrogens with one attached hydrogen (secondary N) is 1. The molecule has 0 atom stereocenters. The summed E-state index contributed by atoms with van der Waals surface area (Å²) in [5.41, 5.74) is 0. The molecule has 2 rings (SSSR count). The fourth-order valence-electron chi connectivity index (χ4n) is 1.26. The van der Waals surface area contributed by atoms with Crippen LogP contribution in [0.25, 0.3) is 0 Å². The minimum Gasteiger partial charge on any atom is -0.424 e. The lowest BCUT2D eigenvalue weighted by Gasteiger charge is -2.06. The van der Waals surface area contributed by atoms with Crippen LogP contribution in [0, 0.1) is 5.82 Å². The molecule has 1 heterocycles. The summed E-state index contributed by atoms with van der Waals surface area (Å²) in [6, 6.07) is 3.97. The Hall–Kier alpha value is -1.66. The number of hydrogen-bond acceptors (Lipinski definition) is 5. The monoisotopic (exact) mass is 302 g/mol. The largest absolute Gasteiger partial charge is 0.424 e. The SMILES string of the molecule is CCNc1nc(Cl)nc(Oc2ccc(Cl)c(F)c2)n1. The smallest absolute Gasteiger partial charge is 0.328 e. The molecule has 0 radical (unpaired) electrons. The van der Waals surface area contributed by atoms with E-state index in [1.807, 2.05) is 6.92 Å². The van der Waals surface area contributed by atoms with Crippen molar-refractivity contribution in [1.29, 1.82) is 0 Å². The molecule has 5 nitrogen and oxygen atoms in total. The summed E-state index contributed by atoms with van der Waals surface area (Å²) in [5, 5.41) is 2.86. The average molecular weight is 303 g/mol. The number of aromatic nitrogens is 3. The summed E-state index contributed by atoms with van der Waals surface area (Å²) in [6.07, 6.45) is 0. The Kier molecular flexibility index (Phi) is 4.34. The van der Waals surface area contributed by atoms with Crippen LogP contribution in [0.3, 0.4) is 0 Å². The second-order valence-corrected chi connectivity index (χ2v) is 4.16. The minimum absolute atomic E-state index is 0.00867. The first kappa shape index (κ1) is 13.8. The maximum atomic E-state index is 13.3. The zero-order valence-electron chi connectivity index (χ0n) is 9.82. The first-order valence-electron chi connectivity index (χ1n) is 5.37. The van der Waals surface area contributed by atoms with Crippen LogP contribution >= 0.6 is 23.2 Å². The van der Waals surface area contributed by atoms with E-state index in [1.165, 1.54) is 12.1 Å². The molecule has 0 bridgehead atoms. The highest BCUT2D eigenvalue weighted by molar-refractivity contribution is 6.30. The molecule has 19 heavy (non-hydrogen) atoms. The first-order valence-corrected chi connectivity index (χ1v) is 6.12. The first-order chi connectivity index (χ1) is 9.08. The van der Waals surface area contributed by atoms with E-state index in [9.17, 15) is 4.39 Å². The summed E-state index contributed by atoms with van der Waals surface area (Å²) >= 11 is 11.3. The number of halogens is 3. The van der Waals surface area contributed by atoms with Crippen molar-refractivity contribution in [3.8, 4) is 11.8 Å². The Balaban J connectivity index is 2.24. The summed E-state index contributed by atoms with van der Waals surface area (Å²) in [4.78, 5) is 11.6. The number of anilines is 1. The molecule has 0 unspecified atom stereocenters. The molecular weight excluding hydrogens is 294 g/mol. The predicted octanol–water partition coefficient (Wildman–Crippen LogP) is 3.54. The molecule has 1 N–H and O–H groups in total. The zero-order valence-corrected chi connectivity index (χ0v) is 11.3. The van der Waals surface area contributed by atoms with Crippen LogP contribution < -0.4 is 10.1 Å². The van der Waals surface area contributed by atoms with Gasteiger partial charge in [0.2, 0.25) is 11.2 Å². The number of rotatable bonds is 4. The molecule has 0 saturated heterocycles. The molecule has 100 valence electrons. The third kappa shape index (κ3) is 3.65. The Morgan fingerprint density at radius 1 is 1.26 bits per heavy atom. The van der Waals surface area contributed by atoms with E-state index in [0.29, 0.717) is 6.54 Å². The van der Waals surface area contributed by atoms with E-state index >= 15 is 0 Å². The van der Waals surface area contributed by atoms with Crippen molar-refractivity contribution in [2.75, 3.05) is 11.9 Å². The van der Waals surface area contributed by atoms with Gasteiger partial charge in [-0.2, -0.15) is 15.0 Å². The Morgan fingerprint density at radius 2 is 2.05 bits per heavy atom. The van der Waals surface area contributed by atoms with Crippen molar-refractivity contribution < 1.29 is 9.13 Å². The molecule has 8 heteroatoms. The number of hydrogen-bond donors (Lipinski definition) is 1. The standard InChI is InChI=1S/C11H9Cl2FN4O/c1-2-15-10-16-9(13)17-11(18-10)19-6-3-4-7(12)8(14)5-6/h3-5H,2H2,1H3,(H,15,16,17,18). The van der Waals surface area contributed by atoms with Gasteiger partial charge in [0, 0.05) is 12.6 Å². The molecule has 1 aromatic carbocycles. The van der Waals surface area contributed by atoms with Gasteiger partial charge in [-0.1, -0.05) is 11.6 Å². The van der Waals surface area contributed by atoms with E-state index in [4.69, 9.17) is 27.9 Å². The quantitative estimate of drug-likeness (QED) is 0.936. The summed E-state index contributed by atoms with van der Waals surface area (Å²) in [7, 11) is 0. The van der Waals surface area contributed by atoms with Crippen LogP contribution in [0.5, 0.6) is 11.8 Å². The summed E-state index contributed by atoms with van der Waals surface area (Å²) in [6.45, 7) is 2.50. The van der Waals surface area contributed by atoms with E-state index in [0.717, 1.165) is 6.07 Å². The van der Waals surface area contributed by atoms with Gasteiger partial charge in [-0.3, -0.25) is 0 Å². The molecule has 0 saturated carbocycles. The van der Waals surface area contributed by atoms with Crippen LogP contribution in [-0.2, 0) is 0 Å². The Morgan fingerprint density at radius 3 is 2.74 bits per heavy atom. The highest BCUT2D eigenvalue weighted by Crippen LogP contribution is 2.24. The van der Waals surface area contributed by atoms with Crippen molar-refractivity contribution in [2.45, 2.75) is 6.92 Å². The normalized spacial score (nSPS) is 10.3. The fourth-order valence-corrected chi connectivity index (χ4v) is 1.53. The van der Waals surface area contributed by atoms with Crippen LogP contribution in [0.1, 0.15) is 6.92 Å². The molecule has 0 aliphatic rings. The van der Waals surface area contributed by atoms with Crippen LogP contribution in [0.4, 0.5) is 10.3 Å². The second-order valence-electron chi connectivity index (χ2n) is 3.42. The molecule has 0 amide bonds. The van der Waals surface area contributed by atoms with Crippen LogP contribution in [0.2, 0.25) is 10.3 Å². The second kappa shape index (κ2) is 5.99. The van der Waals surface area contributed by atoms with Crippen molar-refractivity contribution in [3.05, 3.63) is 34.3 Å². The van der Waals surface area contributed by atoms with E-state index in [2.05, 4.69) is 20.3 Å². The molecule has 0 aliphatic carbocycles. The molecule has 0 fully saturated rings. The van der Waals surface area contributed by atoms with Gasteiger partial charge in [-0.25, -0.2) is 4.39 Å². The molecule has 0 aliphatic heterocycles. The lowest BCUT2D eigenvalue weighted by Crippen LogP contribution is -2.04. The molecular formula is C11H9Cl2FN4O. The number of nitrogens with zero attached hydrogens (tertiary/aromatic N) is 3. The van der Waals surface area contributed by atoms with Gasteiger partial charge in [0.25, 0.3) is 0 Å². The van der Waals surface area contributed by atoms with Crippen molar-refractivity contribution >= 4 is 29.2 Å². The maximum absolute atomic E-state index is 13.3. The Bertz CT molecular complexity index is 597. The summed E-state index contributed by atoms with van der Waals surface area (Å²) in [5.74, 6) is -0.0928. The highest BCUT2D eigenvalue weighted by atomic mass is 35.5. The topological polar surface area (TPSA) is 59.9 Å². The lowest BCUT2D eigenvalue weighted by atomic mass is 10.3. The third-order valence-corrected chi connectivity index (χ3v) is 2.50. The van der Waals surface area contributed by atoms with Gasteiger partial charge in [-0.05, 0) is 30.7 Å². The number of ether oxygens (including phenoxy) is 1. The van der Waals surface area contributed by atoms with E-state index in [1.54, 1.807) is 0 Å². The fraction of sp³-hybridized carbons (Fsp3) is 0.182. The zero-order chi connectivity index (χ0) is 13.8. The third-order valence-electron chi connectivity index (χ3n) is 2.02. The Labute approximate surface area is 118 Å². The minimum atomic E-state index is -0.591. The van der Waals surface area contributed by atoms with Gasteiger partial charge in [0.05, 0.1) is 5.02 Å². The molecule has 2 aromatic rings. The lowest BCUT2D eigenvalue weighted by molar-refractivity contribution is 0.436. The van der Waals surface area contributed by atoms with Gasteiger partial charge in [0.1, 0.15) is 11.6 Å². The van der Waals surface area contributed by atoms with Gasteiger partial charge in [0.15, 0.2) is 0 Å². The van der Waals surface area contributed by atoms with Gasteiger partial charge >= 0.3 is 6.01 Å².